The molecule has 8 heteroatoms. The summed E-state index contributed by atoms with van der Waals surface area (Å²) in [6, 6.07) is 9.15. The van der Waals surface area contributed by atoms with Gasteiger partial charge in [0.15, 0.2) is 12.4 Å². The molecule has 0 amide bonds. The molecule has 1 aliphatic heterocycles. The van der Waals surface area contributed by atoms with Crippen LogP contribution in [0.15, 0.2) is 30.3 Å². The lowest BCUT2D eigenvalue weighted by atomic mass is 9.99. The van der Waals surface area contributed by atoms with Crippen LogP contribution in [-0.2, 0) is 14.2 Å². The van der Waals surface area contributed by atoms with Gasteiger partial charge in [0.2, 0.25) is 0 Å². The highest BCUT2D eigenvalue weighted by Gasteiger charge is 2.47. The summed E-state index contributed by atoms with van der Waals surface area (Å²) in [7, 11) is -1.34. The van der Waals surface area contributed by atoms with Crippen LogP contribution >= 0.6 is 0 Å². The molecule has 0 radical (unpaired) electrons. The summed E-state index contributed by atoms with van der Waals surface area (Å²) in [5, 5.41) is 30.2. The third-order valence-corrected chi connectivity index (χ3v) is 5.91. The highest BCUT2D eigenvalue weighted by atomic mass is 28.3. The first kappa shape index (κ1) is 21.0. The van der Waals surface area contributed by atoms with Gasteiger partial charge < -0.3 is 29.5 Å². The van der Waals surface area contributed by atoms with Gasteiger partial charge in [0.05, 0.1) is 12.2 Å². The Morgan fingerprint density at radius 1 is 1.15 bits per heavy atom. The second-order valence-electron chi connectivity index (χ2n) is 7.62. The van der Waals surface area contributed by atoms with Crippen molar-refractivity contribution in [1.82, 2.24) is 0 Å². The van der Waals surface area contributed by atoms with E-state index in [1.165, 1.54) is 0 Å². The van der Waals surface area contributed by atoms with Crippen LogP contribution in [0.4, 0.5) is 0 Å². The molecule has 2 rings (SSSR count). The van der Waals surface area contributed by atoms with Crippen molar-refractivity contribution in [2.45, 2.75) is 56.4 Å². The monoisotopic (exact) mass is 384 g/mol. The van der Waals surface area contributed by atoms with E-state index in [9.17, 15) is 20.1 Å². The second-order valence-corrected chi connectivity index (χ2v) is 13.2. The quantitative estimate of drug-likeness (QED) is 0.476. The van der Waals surface area contributed by atoms with Crippen molar-refractivity contribution < 1.29 is 34.3 Å². The van der Waals surface area contributed by atoms with Crippen LogP contribution in [0.2, 0.25) is 25.7 Å². The molecule has 0 bridgehead atoms. The summed E-state index contributed by atoms with van der Waals surface area (Å²) in [4.78, 5) is 12.3. The summed E-state index contributed by atoms with van der Waals surface area (Å²) < 4.78 is 16.4. The van der Waals surface area contributed by atoms with Gasteiger partial charge in [-0.3, -0.25) is 0 Å². The fourth-order valence-electron chi connectivity index (χ4n) is 2.58. The molecule has 0 unspecified atom stereocenters. The Balaban J connectivity index is 2.06. The van der Waals surface area contributed by atoms with Gasteiger partial charge in [-0.15, -0.1) is 0 Å². The molecular formula is C18H28O7Si. The van der Waals surface area contributed by atoms with E-state index in [2.05, 4.69) is 19.6 Å². The average molecular weight is 385 g/mol. The highest BCUT2D eigenvalue weighted by molar-refractivity contribution is 6.76. The SMILES string of the molecule is C[Si](C)(C)CCO[C@H]1O[C@H](CO)[C@H](O)[C@H](OC(=O)c2ccccc2)[C@H]1O. The lowest BCUT2D eigenvalue weighted by Gasteiger charge is -2.41. The predicted molar refractivity (Wildman–Crippen MR) is 97.5 cm³/mol. The smallest absolute Gasteiger partial charge is 0.338 e. The predicted octanol–water partition coefficient (Wildman–Crippen LogP) is 1.01. The third kappa shape index (κ3) is 5.60. The first-order valence-electron chi connectivity index (χ1n) is 8.73. The molecule has 7 nitrogen and oxygen atoms in total. The average Bonchev–Trinajstić information content (AvgIpc) is 2.60. The summed E-state index contributed by atoms with van der Waals surface area (Å²) in [5.74, 6) is -0.673. The van der Waals surface area contributed by atoms with Crippen molar-refractivity contribution >= 4 is 14.0 Å². The van der Waals surface area contributed by atoms with Crippen molar-refractivity contribution in [2.24, 2.45) is 0 Å². The number of benzene rings is 1. The minimum Gasteiger partial charge on any atom is -0.453 e. The number of carbonyl (C=O) groups excluding carboxylic acids is 1. The van der Waals surface area contributed by atoms with E-state index in [0.717, 1.165) is 6.04 Å². The van der Waals surface area contributed by atoms with Crippen molar-refractivity contribution in [2.75, 3.05) is 13.2 Å². The van der Waals surface area contributed by atoms with Crippen LogP contribution < -0.4 is 0 Å². The number of hydrogen-bond acceptors (Lipinski definition) is 7. The minimum atomic E-state index is -1.36. The van der Waals surface area contributed by atoms with Gasteiger partial charge in [-0.25, -0.2) is 4.79 Å². The normalized spacial score (nSPS) is 29.4. The maximum atomic E-state index is 12.3. The highest BCUT2D eigenvalue weighted by Crippen LogP contribution is 2.26. The number of hydrogen-bond donors (Lipinski definition) is 3. The molecule has 1 aromatic carbocycles. The molecule has 0 aliphatic carbocycles. The molecule has 5 atom stereocenters. The molecule has 3 N–H and O–H groups in total. The molecule has 26 heavy (non-hydrogen) atoms. The van der Waals surface area contributed by atoms with E-state index in [0.29, 0.717) is 12.2 Å². The first-order valence-corrected chi connectivity index (χ1v) is 12.4. The van der Waals surface area contributed by atoms with Crippen LogP contribution in [0, 0.1) is 0 Å². The topological polar surface area (TPSA) is 105 Å². The van der Waals surface area contributed by atoms with E-state index >= 15 is 0 Å². The van der Waals surface area contributed by atoms with Gasteiger partial charge >= 0.3 is 5.97 Å². The summed E-state index contributed by atoms with van der Waals surface area (Å²) in [6.07, 6.45) is -6.07. The Bertz CT molecular complexity index is 575. The molecule has 1 fully saturated rings. The van der Waals surface area contributed by atoms with E-state index in [1.54, 1.807) is 30.3 Å². The number of esters is 1. The summed E-state index contributed by atoms with van der Waals surface area (Å²) in [5.41, 5.74) is 0.301. The zero-order valence-corrected chi connectivity index (χ0v) is 16.4. The van der Waals surface area contributed by atoms with Gasteiger partial charge in [0.1, 0.15) is 18.3 Å². The summed E-state index contributed by atoms with van der Waals surface area (Å²) in [6.45, 7) is 6.48. The van der Waals surface area contributed by atoms with Crippen molar-refractivity contribution in [3.05, 3.63) is 35.9 Å². The Labute approximate surface area is 154 Å². The van der Waals surface area contributed by atoms with Gasteiger partial charge in [-0.05, 0) is 18.2 Å². The lowest BCUT2D eigenvalue weighted by molar-refractivity contribution is -0.299. The van der Waals surface area contributed by atoms with E-state index in [-0.39, 0.29) is 0 Å². The molecule has 0 saturated carbocycles. The van der Waals surface area contributed by atoms with Gasteiger partial charge in [-0.2, -0.15) is 0 Å². The molecule has 0 spiro atoms. The van der Waals surface area contributed by atoms with Crippen molar-refractivity contribution in [3.63, 3.8) is 0 Å². The van der Waals surface area contributed by atoms with Crippen LogP contribution in [0.25, 0.3) is 0 Å². The number of rotatable bonds is 7. The van der Waals surface area contributed by atoms with Crippen LogP contribution in [0.1, 0.15) is 10.4 Å². The first-order chi connectivity index (χ1) is 12.2. The third-order valence-electron chi connectivity index (χ3n) is 4.21. The van der Waals surface area contributed by atoms with Gasteiger partial charge in [0, 0.05) is 14.7 Å². The van der Waals surface area contributed by atoms with Gasteiger partial charge in [-0.1, -0.05) is 37.8 Å². The zero-order valence-electron chi connectivity index (χ0n) is 15.4. The van der Waals surface area contributed by atoms with Crippen LogP contribution in [0.3, 0.4) is 0 Å². The zero-order chi connectivity index (χ0) is 19.3. The van der Waals surface area contributed by atoms with Crippen LogP contribution in [0.5, 0.6) is 0 Å². The molecule has 1 heterocycles. The fourth-order valence-corrected chi connectivity index (χ4v) is 3.31. The molecule has 146 valence electrons. The molecule has 1 aromatic rings. The maximum absolute atomic E-state index is 12.3. The van der Waals surface area contributed by atoms with E-state index < -0.39 is 51.4 Å². The molecule has 0 aromatic heterocycles. The van der Waals surface area contributed by atoms with E-state index in [4.69, 9.17) is 14.2 Å². The van der Waals surface area contributed by atoms with E-state index in [1.807, 2.05) is 0 Å². The minimum absolute atomic E-state index is 0.301. The van der Waals surface area contributed by atoms with Gasteiger partial charge in [0.25, 0.3) is 0 Å². The standard InChI is InChI=1S/C18H28O7Si/c1-26(2,3)10-9-23-18-15(21)16(14(20)13(11-19)24-18)25-17(22)12-7-5-4-6-8-12/h4-8,13-16,18-21H,9-11H2,1-3H3/t13-,14+,15-,16+,18+/m1/s1. The molecule has 1 aliphatic rings. The lowest BCUT2D eigenvalue weighted by Crippen LogP contribution is -2.60. The van der Waals surface area contributed by atoms with Crippen molar-refractivity contribution in [1.29, 1.82) is 0 Å². The number of ether oxygens (including phenoxy) is 3. The number of aliphatic hydroxyl groups excluding tert-OH is 3. The Morgan fingerprint density at radius 3 is 2.38 bits per heavy atom. The fraction of sp³-hybridized carbons (Fsp3) is 0.611. The molecule has 1 saturated heterocycles. The van der Waals surface area contributed by atoms with Crippen LogP contribution in [-0.4, -0.2) is 73.3 Å². The Morgan fingerprint density at radius 2 is 1.81 bits per heavy atom. The van der Waals surface area contributed by atoms with Crippen molar-refractivity contribution in [3.8, 4) is 0 Å². The summed E-state index contributed by atoms with van der Waals surface area (Å²) >= 11 is 0. The number of carbonyl (C=O) groups is 1. The Kier molecular flexibility index (Phi) is 7.33. The number of aliphatic hydroxyl groups is 3. The second kappa shape index (κ2) is 9.07. The maximum Gasteiger partial charge on any atom is 0.338 e. The Hall–Kier alpha value is -1.29. The largest absolute Gasteiger partial charge is 0.453 e. The molecular weight excluding hydrogens is 356 g/mol.